The number of fused-ring (bicyclic) bond motifs is 1. The average Bonchev–Trinajstić information content (AvgIpc) is 3.00. The number of hydrogen-bond donors (Lipinski definition) is 2. The number of guanidine groups is 1. The zero-order valence-corrected chi connectivity index (χ0v) is 14.8. The largest absolute Gasteiger partial charge is 0.326 e. The minimum Gasteiger partial charge on any atom is -0.326 e. The van der Waals surface area contributed by atoms with Crippen LogP contribution in [-0.2, 0) is 6.54 Å². The number of benzene rings is 2. The van der Waals surface area contributed by atoms with Gasteiger partial charge in [-0.2, -0.15) is 4.99 Å². The predicted octanol–water partition coefficient (Wildman–Crippen LogP) is 3.42. The van der Waals surface area contributed by atoms with Crippen molar-refractivity contribution >= 4 is 29.4 Å². The van der Waals surface area contributed by atoms with Crippen LogP contribution in [0.2, 0.25) is 0 Å². The number of aliphatic imine (C=N–C) groups is 2. The van der Waals surface area contributed by atoms with Gasteiger partial charge in [0.1, 0.15) is 6.21 Å². The summed E-state index contributed by atoms with van der Waals surface area (Å²) in [5.41, 5.74) is 11.2. The standard InChI is InChI=1S/C20H21N6/c1-14-8-15(2)10-17(9-14)23-20-24-19-13-22-6-7-26(19,25-20)18-5-3-4-16(11-18)12-21/h3-11,13H,12,21H2,1-2H3,(H,23,25)/q+1. The number of nitrogens with one attached hydrogen (secondary N) is 1. The van der Waals surface area contributed by atoms with Crippen LogP contribution in [0.15, 0.2) is 70.0 Å². The molecule has 0 bridgehead atoms. The normalized spacial score (nSPS) is 20.6. The molecule has 1 atom stereocenters. The van der Waals surface area contributed by atoms with Crippen LogP contribution in [0.4, 0.5) is 11.4 Å². The molecule has 0 fully saturated rings. The Balaban J connectivity index is 1.75. The molecule has 0 aliphatic carbocycles. The van der Waals surface area contributed by atoms with Crippen LogP contribution < -0.4 is 15.6 Å². The van der Waals surface area contributed by atoms with E-state index in [1.54, 1.807) is 12.4 Å². The SMILES string of the molecule is Cc1cc(C)cc(NC2=N[N+]3(c4cccc(CN)c4)C=CN=CC3=N2)c1. The zero-order chi connectivity index (χ0) is 18.1. The van der Waals surface area contributed by atoms with E-state index in [4.69, 9.17) is 10.8 Å². The number of rotatable bonds is 3. The highest BCUT2D eigenvalue weighted by Gasteiger charge is 2.42. The second-order valence-electron chi connectivity index (χ2n) is 6.53. The van der Waals surface area contributed by atoms with E-state index in [-0.39, 0.29) is 4.59 Å². The van der Waals surface area contributed by atoms with Crippen molar-refractivity contribution in [1.82, 2.24) is 4.59 Å². The summed E-state index contributed by atoms with van der Waals surface area (Å²) < 4.78 is 0.157. The van der Waals surface area contributed by atoms with Gasteiger partial charge in [0.05, 0.1) is 6.20 Å². The molecule has 3 N–H and O–H groups in total. The van der Waals surface area contributed by atoms with Gasteiger partial charge in [-0.05, 0) is 47.8 Å². The molecule has 6 nitrogen and oxygen atoms in total. The van der Waals surface area contributed by atoms with Gasteiger partial charge >= 0.3 is 0 Å². The van der Waals surface area contributed by atoms with Crippen LogP contribution in [0, 0.1) is 13.8 Å². The van der Waals surface area contributed by atoms with Crippen LogP contribution in [0.1, 0.15) is 16.7 Å². The Morgan fingerprint density at radius 2 is 1.88 bits per heavy atom. The molecule has 2 aromatic rings. The monoisotopic (exact) mass is 345 g/mol. The van der Waals surface area contributed by atoms with Gasteiger partial charge in [0.2, 0.25) is 0 Å². The molecule has 4 rings (SSSR count). The van der Waals surface area contributed by atoms with Gasteiger partial charge < -0.3 is 11.1 Å². The molecule has 6 heteroatoms. The Hall–Kier alpha value is -3.09. The first-order valence-corrected chi connectivity index (χ1v) is 8.53. The van der Waals surface area contributed by atoms with E-state index in [9.17, 15) is 0 Å². The Labute approximate surface area is 152 Å². The second kappa shape index (κ2) is 6.33. The number of amidine groups is 1. The molecule has 0 amide bonds. The third-order valence-corrected chi connectivity index (χ3v) is 4.40. The summed E-state index contributed by atoms with van der Waals surface area (Å²) in [6, 6.07) is 14.4. The van der Waals surface area contributed by atoms with Gasteiger partial charge in [0.15, 0.2) is 11.9 Å². The van der Waals surface area contributed by atoms with Gasteiger partial charge in [-0.1, -0.05) is 22.8 Å². The van der Waals surface area contributed by atoms with Gasteiger partial charge in [-0.3, -0.25) is 4.99 Å². The van der Waals surface area contributed by atoms with E-state index in [0.29, 0.717) is 12.5 Å². The number of aryl methyl sites for hydroxylation is 2. The maximum atomic E-state index is 5.81. The van der Waals surface area contributed by atoms with Crippen molar-refractivity contribution in [2.24, 2.45) is 20.8 Å². The van der Waals surface area contributed by atoms with Crippen LogP contribution in [-0.4, -0.2) is 18.0 Å². The lowest BCUT2D eigenvalue weighted by Gasteiger charge is -2.24. The number of anilines is 1. The van der Waals surface area contributed by atoms with Crippen molar-refractivity contribution in [3.63, 3.8) is 0 Å². The Morgan fingerprint density at radius 1 is 1.08 bits per heavy atom. The molecular weight excluding hydrogens is 324 g/mol. The molecular formula is C20H21N6+. The van der Waals surface area contributed by atoms with Crippen molar-refractivity contribution in [3.8, 4) is 0 Å². The Kier molecular flexibility index (Phi) is 3.99. The second-order valence-corrected chi connectivity index (χ2v) is 6.53. The van der Waals surface area contributed by atoms with Crippen molar-refractivity contribution in [2.75, 3.05) is 5.32 Å². The molecule has 0 radical (unpaired) electrons. The molecule has 2 aliphatic heterocycles. The first-order valence-electron chi connectivity index (χ1n) is 8.53. The number of hydrogen-bond acceptors (Lipinski definition) is 5. The van der Waals surface area contributed by atoms with Crippen molar-refractivity contribution in [3.05, 3.63) is 71.6 Å². The lowest BCUT2D eigenvalue weighted by molar-refractivity contribution is 0.592. The maximum Gasteiger partial charge on any atom is 0.287 e. The van der Waals surface area contributed by atoms with E-state index in [2.05, 4.69) is 53.4 Å². The minimum absolute atomic E-state index is 0.157. The summed E-state index contributed by atoms with van der Waals surface area (Å²) in [4.78, 5) is 8.89. The third-order valence-electron chi connectivity index (χ3n) is 4.40. The fourth-order valence-corrected chi connectivity index (χ4v) is 3.28. The van der Waals surface area contributed by atoms with Crippen LogP contribution in [0.3, 0.4) is 0 Å². The number of nitrogens with zero attached hydrogens (tertiary/aromatic N) is 4. The molecule has 2 aliphatic rings. The molecule has 0 aromatic heterocycles. The fourth-order valence-electron chi connectivity index (χ4n) is 3.28. The van der Waals surface area contributed by atoms with Crippen LogP contribution >= 0.6 is 0 Å². The quantitative estimate of drug-likeness (QED) is 0.837. The summed E-state index contributed by atoms with van der Waals surface area (Å²) in [7, 11) is 0. The molecule has 2 aromatic carbocycles. The number of quaternary nitrogens is 1. The molecule has 0 saturated heterocycles. The van der Waals surface area contributed by atoms with E-state index in [1.165, 1.54) is 11.1 Å². The van der Waals surface area contributed by atoms with E-state index >= 15 is 0 Å². The Bertz CT molecular complexity index is 965. The van der Waals surface area contributed by atoms with Gasteiger partial charge in [-0.25, -0.2) is 0 Å². The smallest absolute Gasteiger partial charge is 0.287 e. The summed E-state index contributed by atoms with van der Waals surface area (Å²) in [6.07, 6.45) is 5.41. The number of nitrogens with two attached hydrogens (primary N) is 1. The van der Waals surface area contributed by atoms with E-state index in [0.717, 1.165) is 22.8 Å². The molecule has 0 spiro atoms. The average molecular weight is 345 g/mol. The van der Waals surface area contributed by atoms with E-state index < -0.39 is 0 Å². The van der Waals surface area contributed by atoms with Gasteiger partial charge in [0, 0.05) is 24.4 Å². The van der Waals surface area contributed by atoms with Crippen molar-refractivity contribution in [2.45, 2.75) is 20.4 Å². The molecule has 2 heterocycles. The van der Waals surface area contributed by atoms with Gasteiger partial charge in [-0.15, -0.1) is 0 Å². The van der Waals surface area contributed by atoms with Gasteiger partial charge in [0.25, 0.3) is 11.8 Å². The first kappa shape index (κ1) is 16.4. The molecule has 1 unspecified atom stereocenters. The first-order chi connectivity index (χ1) is 12.6. The third kappa shape index (κ3) is 2.85. The summed E-state index contributed by atoms with van der Waals surface area (Å²) in [5, 5.41) is 8.19. The highest BCUT2D eigenvalue weighted by atomic mass is 15.7. The van der Waals surface area contributed by atoms with E-state index in [1.807, 2.05) is 24.4 Å². The topological polar surface area (TPSA) is 75.1 Å². The fraction of sp³-hybridized carbons (Fsp3) is 0.150. The summed E-state index contributed by atoms with van der Waals surface area (Å²) in [6.45, 7) is 4.63. The van der Waals surface area contributed by atoms with Crippen LogP contribution in [0.25, 0.3) is 0 Å². The highest BCUT2D eigenvalue weighted by molar-refractivity contribution is 6.38. The highest BCUT2D eigenvalue weighted by Crippen LogP contribution is 2.31. The summed E-state index contributed by atoms with van der Waals surface area (Å²) >= 11 is 0. The minimum atomic E-state index is 0.157. The predicted molar refractivity (Wildman–Crippen MR) is 108 cm³/mol. The molecule has 0 saturated carbocycles. The molecule has 26 heavy (non-hydrogen) atoms. The maximum absolute atomic E-state index is 5.81. The Morgan fingerprint density at radius 3 is 2.65 bits per heavy atom. The molecule has 130 valence electrons. The van der Waals surface area contributed by atoms with Crippen molar-refractivity contribution in [1.29, 1.82) is 0 Å². The lowest BCUT2D eigenvalue weighted by atomic mass is 10.1. The van der Waals surface area contributed by atoms with Crippen LogP contribution in [0.5, 0.6) is 0 Å². The van der Waals surface area contributed by atoms with Crippen molar-refractivity contribution < 1.29 is 0 Å². The lowest BCUT2D eigenvalue weighted by Crippen LogP contribution is -2.44. The zero-order valence-electron chi connectivity index (χ0n) is 14.8. The summed E-state index contributed by atoms with van der Waals surface area (Å²) in [5.74, 6) is 1.30.